The van der Waals surface area contributed by atoms with Crippen molar-refractivity contribution in [1.29, 1.82) is 0 Å². The lowest BCUT2D eigenvalue weighted by Gasteiger charge is -2.20. The largest absolute Gasteiger partial charge is 0.493 e. The van der Waals surface area contributed by atoms with Gasteiger partial charge in [-0.15, -0.1) is 0 Å². The zero-order valence-electron chi connectivity index (χ0n) is 11.2. The molecule has 0 saturated carbocycles. The van der Waals surface area contributed by atoms with Gasteiger partial charge >= 0.3 is 0 Å². The average molecular weight is 282 g/mol. The fraction of sp³-hybridized carbons (Fsp3) is 0.600. The minimum atomic E-state index is 0.341. The zero-order chi connectivity index (χ0) is 13.2. The summed E-state index contributed by atoms with van der Waals surface area (Å²) in [5.41, 5.74) is 2.39. The smallest absolute Gasteiger partial charge is 0.127 e. The molecule has 104 valence electrons. The van der Waals surface area contributed by atoms with Crippen molar-refractivity contribution in [2.75, 3.05) is 13.2 Å². The number of halogens is 1. The fourth-order valence-corrected chi connectivity index (χ4v) is 3.14. The molecule has 0 aromatic heterocycles. The van der Waals surface area contributed by atoms with E-state index >= 15 is 0 Å². The van der Waals surface area contributed by atoms with Gasteiger partial charge in [0.05, 0.1) is 12.7 Å². The van der Waals surface area contributed by atoms with E-state index in [4.69, 9.17) is 21.1 Å². The molecule has 0 radical (unpaired) electrons. The monoisotopic (exact) mass is 281 g/mol. The van der Waals surface area contributed by atoms with Crippen molar-refractivity contribution in [3.63, 3.8) is 0 Å². The summed E-state index contributed by atoms with van der Waals surface area (Å²) in [7, 11) is 0. The summed E-state index contributed by atoms with van der Waals surface area (Å²) in [6, 6.07) is 4.37. The van der Waals surface area contributed by atoms with Gasteiger partial charge in [-0.3, -0.25) is 0 Å². The van der Waals surface area contributed by atoms with Crippen LogP contribution in [0.1, 0.15) is 30.9 Å². The third kappa shape index (κ3) is 2.88. The molecule has 3 nitrogen and oxygen atoms in total. The van der Waals surface area contributed by atoms with Crippen molar-refractivity contribution in [2.45, 2.75) is 44.9 Å². The second-order valence-corrected chi connectivity index (χ2v) is 5.81. The second kappa shape index (κ2) is 5.70. The van der Waals surface area contributed by atoms with Gasteiger partial charge in [0.1, 0.15) is 5.75 Å². The predicted molar refractivity (Wildman–Crippen MR) is 75.9 cm³/mol. The number of ether oxygens (including phenoxy) is 2. The Labute approximate surface area is 119 Å². The van der Waals surface area contributed by atoms with Crippen LogP contribution in [0.2, 0.25) is 5.02 Å². The summed E-state index contributed by atoms with van der Waals surface area (Å²) in [6.07, 6.45) is 3.63. The van der Waals surface area contributed by atoms with Crippen LogP contribution in [0, 0.1) is 0 Å². The molecule has 2 unspecified atom stereocenters. The lowest BCUT2D eigenvalue weighted by molar-refractivity contribution is 0.0831. The van der Waals surface area contributed by atoms with E-state index in [1.807, 2.05) is 12.1 Å². The van der Waals surface area contributed by atoms with Gasteiger partial charge in [0.25, 0.3) is 0 Å². The van der Waals surface area contributed by atoms with Gasteiger partial charge in [-0.2, -0.15) is 0 Å². The van der Waals surface area contributed by atoms with Gasteiger partial charge in [-0.1, -0.05) is 11.6 Å². The van der Waals surface area contributed by atoms with Gasteiger partial charge in [0, 0.05) is 36.2 Å². The summed E-state index contributed by atoms with van der Waals surface area (Å²) in [6.45, 7) is 4.63. The van der Waals surface area contributed by atoms with Gasteiger partial charge < -0.3 is 14.8 Å². The molecule has 2 aliphatic heterocycles. The van der Waals surface area contributed by atoms with Gasteiger partial charge in [0.2, 0.25) is 0 Å². The molecule has 0 bridgehead atoms. The number of rotatable bonds is 4. The van der Waals surface area contributed by atoms with E-state index in [0.29, 0.717) is 12.1 Å². The van der Waals surface area contributed by atoms with Crippen LogP contribution in [0.25, 0.3) is 0 Å². The van der Waals surface area contributed by atoms with Crippen molar-refractivity contribution in [2.24, 2.45) is 0 Å². The average Bonchev–Trinajstić information content (AvgIpc) is 3.05. The number of benzene rings is 1. The van der Waals surface area contributed by atoms with E-state index in [9.17, 15) is 0 Å². The van der Waals surface area contributed by atoms with Crippen LogP contribution in [0.15, 0.2) is 12.1 Å². The minimum absolute atomic E-state index is 0.341. The normalized spacial score (nSPS) is 23.2. The standard InChI is InChI=1S/C15H20ClNO2/c1-10(14-3-2-5-18-14)17-9-12-8-13(16)7-11-4-6-19-15(11)12/h7-8,10,14,17H,2-6,9H2,1H3. The van der Waals surface area contributed by atoms with E-state index in [1.165, 1.54) is 12.0 Å². The van der Waals surface area contributed by atoms with Crippen LogP contribution in [-0.2, 0) is 17.7 Å². The summed E-state index contributed by atoms with van der Waals surface area (Å²) in [5, 5.41) is 4.33. The Balaban J connectivity index is 1.66. The first-order chi connectivity index (χ1) is 9.24. The highest BCUT2D eigenvalue weighted by Crippen LogP contribution is 2.32. The first kappa shape index (κ1) is 13.2. The molecular weight excluding hydrogens is 262 g/mol. The SMILES string of the molecule is CC(NCc1cc(Cl)cc2c1OCC2)C1CCCO1. The van der Waals surface area contributed by atoms with Crippen LogP contribution in [-0.4, -0.2) is 25.4 Å². The maximum atomic E-state index is 6.16. The Kier molecular flexibility index (Phi) is 3.96. The Bertz CT molecular complexity index is 458. The zero-order valence-corrected chi connectivity index (χ0v) is 12.0. The highest BCUT2D eigenvalue weighted by molar-refractivity contribution is 6.30. The maximum Gasteiger partial charge on any atom is 0.127 e. The highest BCUT2D eigenvalue weighted by atomic mass is 35.5. The summed E-state index contributed by atoms with van der Waals surface area (Å²) >= 11 is 6.16. The van der Waals surface area contributed by atoms with Crippen molar-refractivity contribution in [3.8, 4) is 5.75 Å². The van der Waals surface area contributed by atoms with E-state index in [1.54, 1.807) is 0 Å². The first-order valence-electron chi connectivity index (χ1n) is 7.03. The summed E-state index contributed by atoms with van der Waals surface area (Å²) in [5.74, 6) is 1.02. The molecule has 19 heavy (non-hydrogen) atoms. The maximum absolute atomic E-state index is 6.16. The fourth-order valence-electron chi connectivity index (χ4n) is 2.88. The molecule has 1 saturated heterocycles. The van der Waals surface area contributed by atoms with E-state index in [-0.39, 0.29) is 0 Å². The van der Waals surface area contributed by atoms with Gasteiger partial charge in [-0.25, -0.2) is 0 Å². The molecule has 0 spiro atoms. The second-order valence-electron chi connectivity index (χ2n) is 5.37. The topological polar surface area (TPSA) is 30.5 Å². The highest BCUT2D eigenvalue weighted by Gasteiger charge is 2.23. The van der Waals surface area contributed by atoms with Crippen LogP contribution < -0.4 is 10.1 Å². The third-order valence-electron chi connectivity index (χ3n) is 3.96. The lowest BCUT2D eigenvalue weighted by Crippen LogP contribution is -2.36. The Hall–Kier alpha value is -0.770. The van der Waals surface area contributed by atoms with Crippen LogP contribution in [0.4, 0.5) is 0 Å². The molecule has 1 aromatic rings. The number of hydrogen-bond donors (Lipinski definition) is 1. The van der Waals surface area contributed by atoms with Crippen molar-refractivity contribution >= 4 is 11.6 Å². The van der Waals surface area contributed by atoms with Gasteiger partial charge in [0.15, 0.2) is 0 Å². The Morgan fingerprint density at radius 1 is 1.42 bits per heavy atom. The molecule has 1 N–H and O–H groups in total. The molecule has 0 aliphatic carbocycles. The number of nitrogens with one attached hydrogen (secondary N) is 1. The van der Waals surface area contributed by atoms with E-state index in [0.717, 1.165) is 48.9 Å². The van der Waals surface area contributed by atoms with Crippen molar-refractivity contribution in [1.82, 2.24) is 5.32 Å². The molecule has 1 fully saturated rings. The molecule has 2 aliphatic rings. The lowest BCUT2D eigenvalue weighted by atomic mass is 10.1. The Morgan fingerprint density at radius 3 is 3.11 bits per heavy atom. The van der Waals surface area contributed by atoms with E-state index < -0.39 is 0 Å². The molecule has 2 atom stereocenters. The van der Waals surface area contributed by atoms with Crippen molar-refractivity contribution < 1.29 is 9.47 Å². The van der Waals surface area contributed by atoms with Crippen molar-refractivity contribution in [3.05, 3.63) is 28.3 Å². The summed E-state index contributed by atoms with van der Waals surface area (Å²) in [4.78, 5) is 0. The molecular formula is C15H20ClNO2. The molecule has 4 heteroatoms. The number of hydrogen-bond acceptors (Lipinski definition) is 3. The van der Waals surface area contributed by atoms with Crippen LogP contribution >= 0.6 is 11.6 Å². The predicted octanol–water partition coefficient (Wildman–Crippen LogP) is 2.93. The van der Waals surface area contributed by atoms with Crippen LogP contribution in [0.3, 0.4) is 0 Å². The van der Waals surface area contributed by atoms with Crippen LogP contribution in [0.5, 0.6) is 5.75 Å². The molecule has 3 rings (SSSR count). The third-order valence-corrected chi connectivity index (χ3v) is 4.18. The molecule has 0 amide bonds. The first-order valence-corrected chi connectivity index (χ1v) is 7.41. The quantitative estimate of drug-likeness (QED) is 0.920. The Morgan fingerprint density at radius 2 is 2.32 bits per heavy atom. The summed E-state index contributed by atoms with van der Waals surface area (Å²) < 4.78 is 11.4. The molecule has 1 aromatic carbocycles. The van der Waals surface area contributed by atoms with Gasteiger partial charge in [-0.05, 0) is 37.5 Å². The minimum Gasteiger partial charge on any atom is -0.493 e. The number of fused-ring (bicyclic) bond motifs is 1. The molecule has 2 heterocycles. The van der Waals surface area contributed by atoms with E-state index in [2.05, 4.69) is 12.2 Å².